The van der Waals surface area contributed by atoms with Gasteiger partial charge in [-0.3, -0.25) is 4.79 Å². The molecule has 0 bridgehead atoms. The van der Waals surface area contributed by atoms with E-state index >= 15 is 0 Å². The van der Waals surface area contributed by atoms with Gasteiger partial charge < -0.3 is 8.85 Å². The zero-order valence-corrected chi connectivity index (χ0v) is 25.2. The lowest BCUT2D eigenvalue weighted by Gasteiger charge is -2.58. The second-order valence-corrected chi connectivity index (χ2v) is 22.4. The predicted octanol–water partition coefficient (Wildman–Crippen LogP) is 8.35. The molecule has 4 atom stereocenters. The molecule has 0 N–H and O–H groups in total. The smallest absolute Gasteiger partial charge is 0.192 e. The highest BCUT2D eigenvalue weighted by Crippen LogP contribution is 2.59. The van der Waals surface area contributed by atoms with Gasteiger partial charge in [0.05, 0.1) is 6.10 Å². The fourth-order valence-electron chi connectivity index (χ4n) is 6.45. The number of hydrogen-bond acceptors (Lipinski definition) is 3. The topological polar surface area (TPSA) is 35.5 Å². The first-order valence-corrected chi connectivity index (χ1v) is 19.0. The minimum absolute atomic E-state index is 0.0671. The fraction of sp³-hybridized carbons (Fsp3) is 0.963. The van der Waals surface area contributed by atoms with Gasteiger partial charge in [-0.1, -0.05) is 55.4 Å². The molecule has 2 aliphatic rings. The van der Waals surface area contributed by atoms with Gasteiger partial charge in [0.15, 0.2) is 16.6 Å². The number of Topliss-reactive ketones (excluding diaryl/α,β-unsaturated/α-hetero) is 1. The number of ketones is 1. The van der Waals surface area contributed by atoms with Crippen LogP contribution in [0.25, 0.3) is 0 Å². The van der Waals surface area contributed by atoms with Gasteiger partial charge in [0.2, 0.25) is 0 Å². The van der Waals surface area contributed by atoms with E-state index in [1.165, 1.54) is 24.6 Å². The second kappa shape index (κ2) is 10.3. The van der Waals surface area contributed by atoms with Gasteiger partial charge >= 0.3 is 0 Å². The van der Waals surface area contributed by atoms with E-state index in [1.807, 2.05) is 0 Å². The minimum atomic E-state index is -1.73. The van der Waals surface area contributed by atoms with E-state index < -0.39 is 16.6 Å². The van der Waals surface area contributed by atoms with Crippen molar-refractivity contribution in [3.8, 4) is 0 Å². The highest BCUT2D eigenvalue weighted by atomic mass is 28.4. The first-order chi connectivity index (χ1) is 14.7. The van der Waals surface area contributed by atoms with Gasteiger partial charge in [0.25, 0.3) is 0 Å². The number of carbonyl (C=O) groups excluding carboxylic acids is 1. The van der Waals surface area contributed by atoms with E-state index in [4.69, 9.17) is 8.85 Å². The summed E-state index contributed by atoms with van der Waals surface area (Å²) < 4.78 is 13.8. The average Bonchev–Trinajstić information content (AvgIpc) is 2.72. The first kappa shape index (κ1) is 28.3. The number of carbonyl (C=O) groups is 1. The van der Waals surface area contributed by atoms with Crippen LogP contribution < -0.4 is 0 Å². The molecule has 0 heterocycles. The molecular formula is C27H54O3Si2. The summed E-state index contributed by atoms with van der Waals surface area (Å²) in [6, 6.07) is 3.59. The van der Waals surface area contributed by atoms with Crippen LogP contribution in [0.4, 0.5) is 0 Å². The summed E-state index contributed by atoms with van der Waals surface area (Å²) in [7, 11) is -3.43. The SMILES string of the molecule is CC[Si](CC)(CC)O[C@@H]1CC[C@@]2(C)C(=O)CCC[C@H]2[C@]1(C)CCCO[Si](C)(C)C(C)(C)C. The Hall–Kier alpha value is 0.0238. The average molecular weight is 483 g/mol. The van der Waals surface area contributed by atoms with Gasteiger partial charge in [-0.2, -0.15) is 0 Å². The quantitative estimate of drug-likeness (QED) is 0.232. The maximum absolute atomic E-state index is 13.1. The Bertz CT molecular complexity index is 629. The molecule has 188 valence electrons. The van der Waals surface area contributed by atoms with Crippen LogP contribution in [-0.2, 0) is 13.6 Å². The van der Waals surface area contributed by atoms with E-state index in [0.29, 0.717) is 17.8 Å². The first-order valence-electron chi connectivity index (χ1n) is 13.6. The van der Waals surface area contributed by atoms with Crippen LogP contribution in [-0.4, -0.2) is 35.1 Å². The van der Waals surface area contributed by atoms with Gasteiger partial charge in [0.1, 0.15) is 5.78 Å². The Morgan fingerprint density at radius 2 is 1.62 bits per heavy atom. The molecule has 2 rings (SSSR count). The molecular weight excluding hydrogens is 428 g/mol. The normalized spacial score (nSPS) is 32.1. The molecule has 0 aromatic rings. The molecule has 0 radical (unpaired) electrons. The van der Waals surface area contributed by atoms with Crippen LogP contribution in [0.15, 0.2) is 0 Å². The minimum Gasteiger partial charge on any atom is -0.417 e. The summed E-state index contributed by atoms with van der Waals surface area (Å²) in [5, 5.41) is 0.246. The van der Waals surface area contributed by atoms with E-state index in [2.05, 4.69) is 68.5 Å². The fourth-order valence-corrected chi connectivity index (χ4v) is 10.5. The van der Waals surface area contributed by atoms with Crippen LogP contribution in [0, 0.1) is 16.7 Å². The molecule has 0 saturated heterocycles. The maximum Gasteiger partial charge on any atom is 0.192 e. The standard InChI is InChI=1S/C27H54O3Si2/c1-11-32(12-2,13-3)30-24-18-20-26(7)22(16-14-17-23(26)28)27(24,8)19-15-21-29-31(9,10)25(4,5)6/h22,24H,11-21H2,1-10H3/t22-,24-,26-,27+/m1/s1. The van der Waals surface area contributed by atoms with Crippen LogP contribution in [0.3, 0.4) is 0 Å². The van der Waals surface area contributed by atoms with Crippen LogP contribution in [0.5, 0.6) is 0 Å². The monoisotopic (exact) mass is 482 g/mol. The third-order valence-corrected chi connectivity index (χ3v) is 19.4. The lowest BCUT2D eigenvalue weighted by Crippen LogP contribution is -2.59. The Balaban J connectivity index is 2.25. The number of fused-ring (bicyclic) bond motifs is 1. The van der Waals surface area contributed by atoms with Gasteiger partial charge in [0, 0.05) is 18.4 Å². The Labute approximate surface area is 202 Å². The van der Waals surface area contributed by atoms with Crippen molar-refractivity contribution in [1.29, 1.82) is 0 Å². The second-order valence-electron chi connectivity index (χ2n) is 12.9. The Morgan fingerprint density at radius 1 is 1.03 bits per heavy atom. The molecule has 2 saturated carbocycles. The molecule has 0 aromatic heterocycles. The van der Waals surface area contributed by atoms with Gasteiger partial charge in [-0.15, -0.1) is 0 Å². The van der Waals surface area contributed by atoms with Crippen molar-refractivity contribution in [1.82, 2.24) is 0 Å². The van der Waals surface area contributed by atoms with Crippen LogP contribution in [0.1, 0.15) is 100 Å². The lowest BCUT2D eigenvalue weighted by atomic mass is 9.49. The maximum atomic E-state index is 13.1. The van der Waals surface area contributed by atoms with Crippen molar-refractivity contribution in [3.05, 3.63) is 0 Å². The summed E-state index contributed by atoms with van der Waals surface area (Å²) >= 11 is 0. The van der Waals surface area contributed by atoms with Crippen molar-refractivity contribution >= 4 is 22.4 Å². The van der Waals surface area contributed by atoms with Crippen LogP contribution in [0.2, 0.25) is 36.3 Å². The Morgan fingerprint density at radius 3 is 2.16 bits per heavy atom. The zero-order chi connectivity index (χ0) is 24.4. The third kappa shape index (κ3) is 5.47. The van der Waals surface area contributed by atoms with E-state index in [-0.39, 0.29) is 15.9 Å². The highest BCUT2D eigenvalue weighted by molar-refractivity contribution is 6.74. The van der Waals surface area contributed by atoms with Crippen LogP contribution >= 0.6 is 0 Å². The molecule has 0 aromatic carbocycles. The molecule has 0 amide bonds. The molecule has 2 aliphatic carbocycles. The lowest BCUT2D eigenvalue weighted by molar-refractivity contribution is -0.156. The van der Waals surface area contributed by atoms with Crippen molar-refractivity contribution in [3.63, 3.8) is 0 Å². The van der Waals surface area contributed by atoms with E-state index in [9.17, 15) is 4.79 Å². The number of rotatable bonds is 10. The van der Waals surface area contributed by atoms with E-state index in [1.54, 1.807) is 0 Å². The molecule has 32 heavy (non-hydrogen) atoms. The molecule has 5 heteroatoms. The van der Waals surface area contributed by atoms with Crippen molar-refractivity contribution in [2.45, 2.75) is 143 Å². The van der Waals surface area contributed by atoms with Crippen molar-refractivity contribution in [2.24, 2.45) is 16.7 Å². The molecule has 3 nitrogen and oxygen atoms in total. The van der Waals surface area contributed by atoms with Gasteiger partial charge in [-0.25, -0.2) is 0 Å². The van der Waals surface area contributed by atoms with E-state index in [0.717, 1.165) is 45.1 Å². The Kier molecular flexibility index (Phi) is 9.13. The largest absolute Gasteiger partial charge is 0.417 e. The third-order valence-electron chi connectivity index (χ3n) is 10.2. The summed E-state index contributed by atoms with van der Waals surface area (Å²) in [6.07, 6.45) is 7.56. The number of hydrogen-bond donors (Lipinski definition) is 0. The van der Waals surface area contributed by atoms with Crippen molar-refractivity contribution in [2.75, 3.05) is 6.61 Å². The highest BCUT2D eigenvalue weighted by Gasteiger charge is 2.58. The zero-order valence-electron chi connectivity index (χ0n) is 23.2. The summed E-state index contributed by atoms with van der Waals surface area (Å²) in [5.41, 5.74) is -0.0837. The molecule has 0 unspecified atom stereocenters. The predicted molar refractivity (Wildman–Crippen MR) is 142 cm³/mol. The molecule has 2 fully saturated rings. The van der Waals surface area contributed by atoms with Gasteiger partial charge in [-0.05, 0) is 86.1 Å². The molecule has 0 spiro atoms. The summed E-state index contributed by atoms with van der Waals surface area (Å²) in [5.74, 6) is 0.959. The summed E-state index contributed by atoms with van der Waals surface area (Å²) in [6.45, 7) is 24.2. The molecule has 0 aliphatic heterocycles. The van der Waals surface area contributed by atoms with Crippen molar-refractivity contribution < 1.29 is 13.6 Å². The summed E-state index contributed by atoms with van der Waals surface area (Å²) in [4.78, 5) is 13.1.